The second kappa shape index (κ2) is 5.05. The number of nitrogens with two attached hydrogens (primary N) is 1. The lowest BCUT2D eigenvalue weighted by molar-refractivity contribution is 0.232. The number of rotatable bonds is 4. The third kappa shape index (κ3) is 2.77. The number of thioether (sulfide) groups is 1. The molecule has 0 aliphatic carbocycles. The Balaban J connectivity index is 1.89. The summed E-state index contributed by atoms with van der Waals surface area (Å²) in [7, 11) is 2.17. The van der Waals surface area contributed by atoms with Crippen molar-refractivity contribution in [2.75, 3.05) is 18.6 Å². The molecule has 1 atom stereocenters. The number of nitrogens with zero attached hydrogens (tertiary/aromatic N) is 1. The minimum atomic E-state index is 0.489. The number of hydrogen-bond acceptors (Lipinski definition) is 4. The van der Waals surface area contributed by atoms with Gasteiger partial charge in [0.1, 0.15) is 11.5 Å². The molecular formula is C11H18N2OS. The van der Waals surface area contributed by atoms with Gasteiger partial charge in [-0.25, -0.2) is 0 Å². The van der Waals surface area contributed by atoms with Crippen molar-refractivity contribution < 1.29 is 4.42 Å². The fourth-order valence-corrected chi connectivity index (χ4v) is 3.16. The maximum Gasteiger partial charge on any atom is 0.118 e. The van der Waals surface area contributed by atoms with Gasteiger partial charge < -0.3 is 10.2 Å². The molecule has 1 aliphatic heterocycles. The summed E-state index contributed by atoms with van der Waals surface area (Å²) in [6.45, 7) is 1.38. The van der Waals surface area contributed by atoms with E-state index >= 15 is 0 Å². The molecule has 0 aromatic carbocycles. The van der Waals surface area contributed by atoms with E-state index < -0.39 is 0 Å². The Bertz CT molecular complexity index is 307. The van der Waals surface area contributed by atoms with E-state index in [4.69, 9.17) is 10.2 Å². The average Bonchev–Trinajstić information content (AvgIpc) is 2.87. The Morgan fingerprint density at radius 2 is 2.33 bits per heavy atom. The summed E-state index contributed by atoms with van der Waals surface area (Å²) in [5.74, 6) is 4.44. The first-order valence-corrected chi connectivity index (χ1v) is 6.50. The minimum absolute atomic E-state index is 0.489. The molecule has 2 heterocycles. The first-order chi connectivity index (χ1) is 7.29. The molecule has 0 radical (unpaired) electrons. The molecule has 15 heavy (non-hydrogen) atoms. The van der Waals surface area contributed by atoms with Crippen LogP contribution in [0.15, 0.2) is 16.5 Å². The highest BCUT2D eigenvalue weighted by Crippen LogP contribution is 2.22. The lowest BCUT2D eigenvalue weighted by atomic mass is 10.2. The predicted octanol–water partition coefficient (Wildman–Crippen LogP) is 1.68. The van der Waals surface area contributed by atoms with Crippen molar-refractivity contribution in [3.63, 3.8) is 0 Å². The van der Waals surface area contributed by atoms with E-state index in [1.165, 1.54) is 17.9 Å². The van der Waals surface area contributed by atoms with Gasteiger partial charge in [-0.1, -0.05) is 0 Å². The maximum atomic E-state index is 5.59. The van der Waals surface area contributed by atoms with Crippen LogP contribution in [-0.2, 0) is 13.1 Å². The van der Waals surface area contributed by atoms with Gasteiger partial charge in [-0.05, 0) is 31.4 Å². The summed E-state index contributed by atoms with van der Waals surface area (Å²) < 4.78 is 5.59. The molecule has 1 saturated heterocycles. The quantitative estimate of drug-likeness (QED) is 0.848. The van der Waals surface area contributed by atoms with Crippen molar-refractivity contribution in [2.45, 2.75) is 25.6 Å². The van der Waals surface area contributed by atoms with Crippen LogP contribution in [0.2, 0.25) is 0 Å². The predicted molar refractivity (Wildman–Crippen MR) is 63.8 cm³/mol. The van der Waals surface area contributed by atoms with Gasteiger partial charge in [-0.2, -0.15) is 11.8 Å². The highest BCUT2D eigenvalue weighted by atomic mass is 32.2. The van der Waals surface area contributed by atoms with Crippen LogP contribution in [0.4, 0.5) is 0 Å². The van der Waals surface area contributed by atoms with Crippen molar-refractivity contribution >= 4 is 11.8 Å². The Kier molecular flexibility index (Phi) is 3.72. The molecule has 3 nitrogen and oxygen atoms in total. The van der Waals surface area contributed by atoms with Crippen LogP contribution < -0.4 is 5.73 Å². The van der Waals surface area contributed by atoms with Crippen molar-refractivity contribution in [1.82, 2.24) is 4.90 Å². The fraction of sp³-hybridized carbons (Fsp3) is 0.636. The molecule has 1 aliphatic rings. The van der Waals surface area contributed by atoms with E-state index in [1.54, 1.807) is 0 Å². The normalized spacial score (nSPS) is 21.4. The molecular weight excluding hydrogens is 208 g/mol. The van der Waals surface area contributed by atoms with Gasteiger partial charge in [0.05, 0.1) is 13.1 Å². The highest BCUT2D eigenvalue weighted by Gasteiger charge is 2.20. The monoisotopic (exact) mass is 226 g/mol. The van der Waals surface area contributed by atoms with Gasteiger partial charge in [0.2, 0.25) is 0 Å². The molecule has 1 unspecified atom stereocenters. The first-order valence-electron chi connectivity index (χ1n) is 5.35. The third-order valence-corrected chi connectivity index (χ3v) is 4.00. The first kappa shape index (κ1) is 11.0. The molecule has 0 spiro atoms. The van der Waals surface area contributed by atoms with Gasteiger partial charge in [-0.3, -0.25) is 4.90 Å². The zero-order valence-corrected chi connectivity index (χ0v) is 9.93. The van der Waals surface area contributed by atoms with E-state index in [2.05, 4.69) is 11.9 Å². The third-order valence-electron chi connectivity index (χ3n) is 2.85. The molecule has 4 heteroatoms. The number of furan rings is 1. The molecule has 1 aromatic heterocycles. The Morgan fingerprint density at radius 1 is 1.53 bits per heavy atom. The Labute approximate surface area is 95.0 Å². The summed E-state index contributed by atoms with van der Waals surface area (Å²) in [6, 6.07) is 4.70. The van der Waals surface area contributed by atoms with Crippen LogP contribution >= 0.6 is 11.8 Å². The Morgan fingerprint density at radius 3 is 2.93 bits per heavy atom. The average molecular weight is 226 g/mol. The molecule has 0 saturated carbocycles. The summed E-state index contributed by atoms with van der Waals surface area (Å²) in [6.07, 6.45) is 1.30. The van der Waals surface area contributed by atoms with Crippen molar-refractivity contribution in [1.29, 1.82) is 0 Å². The lowest BCUT2D eigenvalue weighted by Crippen LogP contribution is -2.30. The lowest BCUT2D eigenvalue weighted by Gasteiger charge is -2.21. The summed E-state index contributed by atoms with van der Waals surface area (Å²) in [5.41, 5.74) is 5.51. The molecule has 2 rings (SSSR count). The summed E-state index contributed by atoms with van der Waals surface area (Å²) >= 11 is 2.04. The SMILES string of the molecule is CN(Cc1ccc(CN)o1)C1CCSC1. The van der Waals surface area contributed by atoms with Crippen molar-refractivity contribution in [3.8, 4) is 0 Å². The highest BCUT2D eigenvalue weighted by molar-refractivity contribution is 7.99. The van der Waals surface area contributed by atoms with Gasteiger partial charge in [0, 0.05) is 11.8 Å². The van der Waals surface area contributed by atoms with Crippen molar-refractivity contribution in [2.24, 2.45) is 5.73 Å². The topological polar surface area (TPSA) is 42.4 Å². The fourth-order valence-electron chi connectivity index (χ4n) is 1.86. The molecule has 0 amide bonds. The van der Waals surface area contributed by atoms with E-state index in [-0.39, 0.29) is 0 Å². The minimum Gasteiger partial charge on any atom is -0.463 e. The Hall–Kier alpha value is -0.450. The van der Waals surface area contributed by atoms with Gasteiger partial charge >= 0.3 is 0 Å². The van der Waals surface area contributed by atoms with E-state index in [1.807, 2.05) is 23.9 Å². The zero-order chi connectivity index (χ0) is 10.7. The summed E-state index contributed by atoms with van der Waals surface area (Å²) in [5, 5.41) is 0. The molecule has 1 fully saturated rings. The van der Waals surface area contributed by atoms with E-state index in [0.29, 0.717) is 12.6 Å². The summed E-state index contributed by atoms with van der Waals surface area (Å²) in [4.78, 5) is 2.37. The molecule has 2 N–H and O–H groups in total. The van der Waals surface area contributed by atoms with Crippen LogP contribution in [0.3, 0.4) is 0 Å². The molecule has 1 aromatic rings. The van der Waals surface area contributed by atoms with Crippen LogP contribution in [0, 0.1) is 0 Å². The second-order valence-corrected chi connectivity index (χ2v) is 5.15. The van der Waals surface area contributed by atoms with Crippen LogP contribution in [0.1, 0.15) is 17.9 Å². The van der Waals surface area contributed by atoms with E-state index in [9.17, 15) is 0 Å². The van der Waals surface area contributed by atoms with Crippen molar-refractivity contribution in [3.05, 3.63) is 23.7 Å². The molecule has 0 bridgehead atoms. The van der Waals surface area contributed by atoms with Crippen LogP contribution in [0.25, 0.3) is 0 Å². The largest absolute Gasteiger partial charge is 0.463 e. The van der Waals surface area contributed by atoms with Crippen LogP contribution in [0.5, 0.6) is 0 Å². The standard InChI is InChI=1S/C11H18N2OS/c1-13(9-4-5-15-8-9)7-11-3-2-10(6-12)14-11/h2-3,9H,4-8,12H2,1H3. The maximum absolute atomic E-state index is 5.59. The zero-order valence-electron chi connectivity index (χ0n) is 9.11. The van der Waals surface area contributed by atoms with Gasteiger partial charge in [-0.15, -0.1) is 0 Å². The molecule has 84 valence electrons. The van der Waals surface area contributed by atoms with Gasteiger partial charge in [0.15, 0.2) is 0 Å². The number of hydrogen-bond donors (Lipinski definition) is 1. The second-order valence-electron chi connectivity index (χ2n) is 4.00. The van der Waals surface area contributed by atoms with E-state index in [0.717, 1.165) is 18.1 Å². The van der Waals surface area contributed by atoms with Crippen LogP contribution in [-0.4, -0.2) is 29.5 Å². The smallest absolute Gasteiger partial charge is 0.118 e. The van der Waals surface area contributed by atoms with Gasteiger partial charge in [0.25, 0.3) is 0 Å².